The van der Waals surface area contributed by atoms with Gasteiger partial charge in [-0.1, -0.05) is 30.3 Å². The molecule has 0 N–H and O–H groups in total. The molecular weight excluding hydrogens is 330 g/mol. The van der Waals surface area contributed by atoms with Crippen LogP contribution in [0.25, 0.3) is 0 Å². The quantitative estimate of drug-likeness (QED) is 0.808. The summed E-state index contributed by atoms with van der Waals surface area (Å²) in [6.07, 6.45) is 1.59. The van der Waals surface area contributed by atoms with Crippen LogP contribution in [0.2, 0.25) is 0 Å². The third-order valence-corrected chi connectivity index (χ3v) is 5.76. The Labute approximate surface area is 155 Å². The molecule has 1 spiro atoms. The molecule has 3 heterocycles. The molecule has 3 aliphatic rings. The SMILES string of the molecule is O=C(CN1CCN(Cc2ccccc2)CC1)N1CCC2(CC1)OCCO2. The second-order valence-electron chi connectivity index (χ2n) is 7.53. The van der Waals surface area contributed by atoms with Crippen LogP contribution in [0.4, 0.5) is 0 Å². The number of benzene rings is 1. The lowest BCUT2D eigenvalue weighted by Gasteiger charge is -2.39. The van der Waals surface area contributed by atoms with Crippen molar-refractivity contribution in [2.75, 3.05) is 59.0 Å². The lowest BCUT2D eigenvalue weighted by molar-refractivity contribution is -0.187. The topological polar surface area (TPSA) is 45.3 Å². The average Bonchev–Trinajstić information content (AvgIpc) is 3.13. The highest BCUT2D eigenvalue weighted by atomic mass is 16.7. The molecule has 1 amide bonds. The van der Waals surface area contributed by atoms with Gasteiger partial charge in [-0.25, -0.2) is 0 Å². The summed E-state index contributed by atoms with van der Waals surface area (Å²) in [5, 5.41) is 0. The highest BCUT2D eigenvalue weighted by Crippen LogP contribution is 2.31. The molecule has 0 saturated carbocycles. The van der Waals surface area contributed by atoms with Gasteiger partial charge < -0.3 is 14.4 Å². The summed E-state index contributed by atoms with van der Waals surface area (Å²) < 4.78 is 11.5. The van der Waals surface area contributed by atoms with Crippen LogP contribution in [0.1, 0.15) is 18.4 Å². The summed E-state index contributed by atoms with van der Waals surface area (Å²) in [5.41, 5.74) is 1.36. The Morgan fingerprint density at radius 1 is 0.885 bits per heavy atom. The Morgan fingerprint density at radius 3 is 2.15 bits per heavy atom. The molecule has 3 aliphatic heterocycles. The highest BCUT2D eigenvalue weighted by Gasteiger charge is 2.40. The number of piperazine rings is 1. The van der Waals surface area contributed by atoms with E-state index in [1.54, 1.807) is 0 Å². The molecule has 6 nitrogen and oxygen atoms in total. The number of nitrogens with zero attached hydrogens (tertiary/aromatic N) is 3. The number of carbonyl (C=O) groups excluding carboxylic acids is 1. The van der Waals surface area contributed by atoms with Gasteiger partial charge in [0.15, 0.2) is 5.79 Å². The first kappa shape index (κ1) is 17.9. The van der Waals surface area contributed by atoms with Gasteiger partial charge in [0.25, 0.3) is 0 Å². The van der Waals surface area contributed by atoms with Crippen molar-refractivity contribution in [3.8, 4) is 0 Å². The monoisotopic (exact) mass is 359 g/mol. The maximum Gasteiger partial charge on any atom is 0.236 e. The van der Waals surface area contributed by atoms with E-state index in [1.165, 1.54) is 5.56 Å². The molecule has 3 fully saturated rings. The Morgan fingerprint density at radius 2 is 1.50 bits per heavy atom. The van der Waals surface area contributed by atoms with E-state index in [-0.39, 0.29) is 5.91 Å². The standard InChI is InChI=1S/C20H29N3O3/c24-19(23-8-6-20(7-9-23)25-14-15-26-20)17-22-12-10-21(11-13-22)16-18-4-2-1-3-5-18/h1-5H,6-17H2. The van der Waals surface area contributed by atoms with Gasteiger partial charge in [-0.3, -0.25) is 14.6 Å². The lowest BCUT2D eigenvalue weighted by atomic mass is 10.0. The summed E-state index contributed by atoms with van der Waals surface area (Å²) in [7, 11) is 0. The van der Waals surface area contributed by atoms with Crippen molar-refractivity contribution in [2.45, 2.75) is 25.2 Å². The molecule has 4 rings (SSSR count). The Balaban J connectivity index is 1.19. The van der Waals surface area contributed by atoms with Crippen LogP contribution in [0.15, 0.2) is 30.3 Å². The molecule has 0 aliphatic carbocycles. The number of hydrogen-bond acceptors (Lipinski definition) is 5. The fraction of sp³-hybridized carbons (Fsp3) is 0.650. The van der Waals surface area contributed by atoms with Crippen LogP contribution in [-0.2, 0) is 20.8 Å². The molecular formula is C20H29N3O3. The number of amides is 1. The summed E-state index contributed by atoms with van der Waals surface area (Å²) in [6.45, 7) is 8.35. The second-order valence-corrected chi connectivity index (χ2v) is 7.53. The van der Waals surface area contributed by atoms with Crippen LogP contribution in [0.3, 0.4) is 0 Å². The smallest absolute Gasteiger partial charge is 0.236 e. The molecule has 6 heteroatoms. The molecule has 0 atom stereocenters. The van der Waals surface area contributed by atoms with Crippen LogP contribution in [0.5, 0.6) is 0 Å². The summed E-state index contributed by atoms with van der Waals surface area (Å²) >= 11 is 0. The Hall–Kier alpha value is -1.47. The minimum Gasteiger partial charge on any atom is -0.347 e. The van der Waals surface area contributed by atoms with E-state index in [2.05, 4.69) is 40.1 Å². The van der Waals surface area contributed by atoms with Gasteiger partial charge in [0.2, 0.25) is 5.91 Å². The molecule has 142 valence electrons. The molecule has 1 aromatic rings. The second kappa shape index (κ2) is 8.05. The number of carbonyl (C=O) groups is 1. The zero-order chi connectivity index (χ0) is 17.8. The van der Waals surface area contributed by atoms with E-state index in [4.69, 9.17) is 9.47 Å². The zero-order valence-corrected chi connectivity index (χ0v) is 15.4. The van der Waals surface area contributed by atoms with Crippen molar-refractivity contribution in [1.29, 1.82) is 0 Å². The van der Waals surface area contributed by atoms with E-state index in [0.29, 0.717) is 19.8 Å². The van der Waals surface area contributed by atoms with E-state index in [1.807, 2.05) is 4.90 Å². The third-order valence-electron chi connectivity index (χ3n) is 5.76. The fourth-order valence-electron chi connectivity index (χ4n) is 4.12. The van der Waals surface area contributed by atoms with E-state index in [0.717, 1.165) is 58.7 Å². The van der Waals surface area contributed by atoms with Gasteiger partial charge in [0.05, 0.1) is 19.8 Å². The Kier molecular flexibility index (Phi) is 5.55. The van der Waals surface area contributed by atoms with Gasteiger partial charge in [-0.05, 0) is 5.56 Å². The molecule has 26 heavy (non-hydrogen) atoms. The summed E-state index contributed by atoms with van der Waals surface area (Å²) in [4.78, 5) is 19.4. The number of likely N-dealkylation sites (tertiary alicyclic amines) is 1. The first-order valence-electron chi connectivity index (χ1n) is 9.77. The van der Waals surface area contributed by atoms with Crippen molar-refractivity contribution in [2.24, 2.45) is 0 Å². The molecule has 3 saturated heterocycles. The predicted octanol–water partition coefficient (Wildman–Crippen LogP) is 1.17. The zero-order valence-electron chi connectivity index (χ0n) is 15.4. The van der Waals surface area contributed by atoms with Crippen molar-refractivity contribution in [1.82, 2.24) is 14.7 Å². The molecule has 0 unspecified atom stereocenters. The lowest BCUT2D eigenvalue weighted by Crippen LogP contribution is -2.52. The first-order valence-corrected chi connectivity index (χ1v) is 9.77. The number of piperidine rings is 1. The average molecular weight is 359 g/mol. The van der Waals surface area contributed by atoms with Crippen molar-refractivity contribution in [3.05, 3.63) is 35.9 Å². The van der Waals surface area contributed by atoms with Crippen LogP contribution >= 0.6 is 0 Å². The van der Waals surface area contributed by atoms with Gasteiger partial charge >= 0.3 is 0 Å². The van der Waals surface area contributed by atoms with Crippen molar-refractivity contribution in [3.63, 3.8) is 0 Å². The van der Waals surface area contributed by atoms with Crippen molar-refractivity contribution >= 4 is 5.91 Å². The maximum atomic E-state index is 12.6. The molecule has 0 aromatic heterocycles. The number of rotatable bonds is 4. The van der Waals surface area contributed by atoms with Crippen molar-refractivity contribution < 1.29 is 14.3 Å². The minimum absolute atomic E-state index is 0.245. The normalized spacial score (nSPS) is 24.2. The van der Waals surface area contributed by atoms with Gasteiger partial charge in [-0.15, -0.1) is 0 Å². The summed E-state index contributed by atoms with van der Waals surface area (Å²) in [6, 6.07) is 10.6. The number of ether oxygens (including phenoxy) is 2. The van der Waals surface area contributed by atoms with E-state index >= 15 is 0 Å². The van der Waals surface area contributed by atoms with Gasteiger partial charge in [0.1, 0.15) is 0 Å². The van der Waals surface area contributed by atoms with Gasteiger partial charge in [0, 0.05) is 58.7 Å². The first-order chi connectivity index (χ1) is 12.7. The fourth-order valence-corrected chi connectivity index (χ4v) is 4.12. The van der Waals surface area contributed by atoms with E-state index < -0.39 is 5.79 Å². The Bertz CT molecular complexity index is 586. The van der Waals surface area contributed by atoms with Gasteiger partial charge in [-0.2, -0.15) is 0 Å². The molecule has 0 bridgehead atoms. The number of hydrogen-bond donors (Lipinski definition) is 0. The summed E-state index contributed by atoms with van der Waals surface area (Å²) in [5.74, 6) is -0.158. The third kappa shape index (κ3) is 4.26. The minimum atomic E-state index is -0.403. The highest BCUT2D eigenvalue weighted by molar-refractivity contribution is 5.78. The predicted molar refractivity (Wildman–Crippen MR) is 98.6 cm³/mol. The maximum absolute atomic E-state index is 12.6. The largest absolute Gasteiger partial charge is 0.347 e. The molecule has 0 radical (unpaired) electrons. The van der Waals surface area contributed by atoms with E-state index in [9.17, 15) is 4.79 Å². The van der Waals surface area contributed by atoms with Crippen LogP contribution < -0.4 is 0 Å². The molecule has 1 aromatic carbocycles. The van der Waals surface area contributed by atoms with Crippen LogP contribution in [0, 0.1) is 0 Å². The van der Waals surface area contributed by atoms with Crippen LogP contribution in [-0.4, -0.2) is 85.4 Å².